The zero-order chi connectivity index (χ0) is 17.8. The first-order chi connectivity index (χ1) is 11.6. The molecule has 1 unspecified atom stereocenters. The van der Waals surface area contributed by atoms with E-state index in [1.54, 1.807) is 0 Å². The summed E-state index contributed by atoms with van der Waals surface area (Å²) < 4.78 is 0. The monoisotopic (exact) mass is 464 g/mol. The minimum Gasteiger partial charge on any atom is -0.356 e. The molecule has 1 rings (SSSR count). The minimum absolute atomic E-state index is 0. The minimum atomic E-state index is 0. The molecule has 1 atom stereocenters. The van der Waals surface area contributed by atoms with Gasteiger partial charge in [0.05, 0.1) is 0 Å². The number of rotatable bonds is 10. The van der Waals surface area contributed by atoms with Gasteiger partial charge in [-0.15, -0.1) is 30.6 Å². The molecule has 0 bridgehead atoms. The van der Waals surface area contributed by atoms with Crippen LogP contribution in [0.5, 0.6) is 0 Å². The van der Waals surface area contributed by atoms with E-state index in [9.17, 15) is 0 Å². The van der Waals surface area contributed by atoms with E-state index >= 15 is 0 Å². The lowest BCUT2D eigenvalue weighted by molar-refractivity contribution is 0.159. The molecule has 4 nitrogen and oxygen atoms in total. The van der Waals surface area contributed by atoms with E-state index in [-0.39, 0.29) is 24.0 Å². The van der Waals surface area contributed by atoms with Crippen LogP contribution in [0.4, 0.5) is 0 Å². The van der Waals surface area contributed by atoms with E-state index in [0.29, 0.717) is 0 Å². The highest BCUT2D eigenvalue weighted by Gasteiger charge is 2.20. The molecule has 0 radical (unpaired) electrons. The fraction of sp³-hybridized carbons (Fsp3) is 0.850. The first-order valence-corrected chi connectivity index (χ1v) is 9.81. The van der Waals surface area contributed by atoms with Crippen molar-refractivity contribution in [3.05, 3.63) is 12.7 Å². The SMILES string of the molecule is C=CCCCCCN(C)C(=NC)NCC1CCCN(CC(C)C)C1.I. The van der Waals surface area contributed by atoms with Crippen LogP contribution in [0.3, 0.4) is 0 Å². The largest absolute Gasteiger partial charge is 0.356 e. The Bertz CT molecular complexity index is 371. The maximum absolute atomic E-state index is 4.46. The first-order valence-electron chi connectivity index (χ1n) is 9.81. The zero-order valence-electron chi connectivity index (χ0n) is 17.0. The third-order valence-corrected chi connectivity index (χ3v) is 4.75. The zero-order valence-corrected chi connectivity index (χ0v) is 19.3. The van der Waals surface area contributed by atoms with Crippen LogP contribution in [0, 0.1) is 11.8 Å². The standard InChI is InChI=1S/C20H40N4.HI/c1-6-7-8-9-10-13-23(5)20(21-4)22-15-19-12-11-14-24(17-19)16-18(2)3;/h6,18-19H,1,7-17H2,2-5H3,(H,21,22);1H. The molecule has 25 heavy (non-hydrogen) atoms. The van der Waals surface area contributed by atoms with Gasteiger partial charge in [0.2, 0.25) is 0 Å². The highest BCUT2D eigenvalue weighted by molar-refractivity contribution is 14.0. The number of allylic oxidation sites excluding steroid dienone is 1. The normalized spacial score (nSPS) is 18.8. The second-order valence-electron chi connectivity index (χ2n) is 7.65. The van der Waals surface area contributed by atoms with Gasteiger partial charge in [-0.05, 0) is 50.5 Å². The summed E-state index contributed by atoms with van der Waals surface area (Å²) in [5.41, 5.74) is 0. The number of nitrogens with one attached hydrogen (secondary N) is 1. The maximum atomic E-state index is 4.46. The summed E-state index contributed by atoms with van der Waals surface area (Å²) in [6.45, 7) is 14.3. The molecule has 0 aromatic carbocycles. The van der Waals surface area contributed by atoms with Gasteiger partial charge >= 0.3 is 0 Å². The van der Waals surface area contributed by atoms with E-state index < -0.39 is 0 Å². The fourth-order valence-corrected chi connectivity index (χ4v) is 3.54. The molecule has 5 heteroatoms. The summed E-state index contributed by atoms with van der Waals surface area (Å²) in [6, 6.07) is 0. The summed E-state index contributed by atoms with van der Waals surface area (Å²) in [7, 11) is 4.04. The number of nitrogens with zero attached hydrogens (tertiary/aromatic N) is 3. The number of piperidine rings is 1. The van der Waals surface area contributed by atoms with Gasteiger partial charge < -0.3 is 15.1 Å². The Kier molecular flexibility index (Phi) is 14.6. The van der Waals surface area contributed by atoms with Crippen LogP contribution in [0.15, 0.2) is 17.6 Å². The first kappa shape index (κ1) is 24.7. The predicted molar refractivity (Wildman–Crippen MR) is 122 cm³/mol. The van der Waals surface area contributed by atoms with E-state index in [2.05, 4.69) is 47.6 Å². The highest BCUT2D eigenvalue weighted by atomic mass is 127. The van der Waals surface area contributed by atoms with Crippen molar-refractivity contribution >= 4 is 29.9 Å². The van der Waals surface area contributed by atoms with Crippen LogP contribution < -0.4 is 5.32 Å². The Hall–Kier alpha value is -0.300. The Morgan fingerprint density at radius 2 is 2.12 bits per heavy atom. The number of likely N-dealkylation sites (tertiary alicyclic amines) is 1. The van der Waals surface area contributed by atoms with E-state index in [4.69, 9.17) is 0 Å². The number of guanidine groups is 1. The molecule has 1 saturated heterocycles. The lowest BCUT2D eigenvalue weighted by atomic mass is 9.97. The lowest BCUT2D eigenvalue weighted by Crippen LogP contribution is -2.45. The van der Waals surface area contributed by atoms with Crippen molar-refractivity contribution in [2.24, 2.45) is 16.8 Å². The second kappa shape index (κ2) is 14.8. The lowest BCUT2D eigenvalue weighted by Gasteiger charge is -2.34. The molecule has 0 saturated carbocycles. The molecule has 148 valence electrons. The van der Waals surface area contributed by atoms with Crippen molar-refractivity contribution in [2.75, 3.05) is 46.8 Å². The van der Waals surface area contributed by atoms with Gasteiger partial charge in [0.15, 0.2) is 5.96 Å². The van der Waals surface area contributed by atoms with Gasteiger partial charge in [-0.3, -0.25) is 4.99 Å². The van der Waals surface area contributed by atoms with Gasteiger partial charge in [0.25, 0.3) is 0 Å². The molecule has 0 aromatic heterocycles. The molecular formula is C20H41IN4. The summed E-state index contributed by atoms with van der Waals surface area (Å²) in [6.07, 6.45) is 9.54. The molecule has 1 aliphatic rings. The van der Waals surface area contributed by atoms with Crippen LogP contribution in [0.25, 0.3) is 0 Å². The van der Waals surface area contributed by atoms with Gasteiger partial charge in [0, 0.05) is 40.3 Å². The Balaban J connectivity index is 0.00000576. The molecule has 1 fully saturated rings. The van der Waals surface area contributed by atoms with Crippen molar-refractivity contribution in [3.63, 3.8) is 0 Å². The van der Waals surface area contributed by atoms with E-state index in [1.165, 1.54) is 51.7 Å². The van der Waals surface area contributed by atoms with Crippen LogP contribution in [0.1, 0.15) is 52.4 Å². The summed E-state index contributed by atoms with van der Waals surface area (Å²) >= 11 is 0. The predicted octanol–water partition coefficient (Wildman–Crippen LogP) is 4.23. The van der Waals surface area contributed by atoms with Crippen LogP contribution in [-0.4, -0.2) is 62.6 Å². The smallest absolute Gasteiger partial charge is 0.193 e. The molecule has 0 spiro atoms. The topological polar surface area (TPSA) is 30.9 Å². The van der Waals surface area contributed by atoms with Crippen LogP contribution in [-0.2, 0) is 0 Å². The summed E-state index contributed by atoms with van der Waals surface area (Å²) in [4.78, 5) is 9.35. The molecular weight excluding hydrogens is 423 g/mol. The van der Waals surface area contributed by atoms with Gasteiger partial charge in [-0.25, -0.2) is 0 Å². The molecule has 0 aliphatic carbocycles. The Morgan fingerprint density at radius 3 is 2.76 bits per heavy atom. The summed E-state index contributed by atoms with van der Waals surface area (Å²) in [5, 5.41) is 3.60. The second-order valence-corrected chi connectivity index (χ2v) is 7.65. The number of halogens is 1. The van der Waals surface area contributed by atoms with Gasteiger partial charge in [0.1, 0.15) is 0 Å². The average molecular weight is 464 g/mol. The number of hydrogen-bond acceptors (Lipinski definition) is 2. The Labute approximate surface area is 173 Å². The molecule has 0 amide bonds. The summed E-state index contributed by atoms with van der Waals surface area (Å²) in [5.74, 6) is 2.55. The number of hydrogen-bond donors (Lipinski definition) is 1. The maximum Gasteiger partial charge on any atom is 0.193 e. The fourth-order valence-electron chi connectivity index (χ4n) is 3.54. The van der Waals surface area contributed by atoms with Crippen molar-refractivity contribution in [1.29, 1.82) is 0 Å². The van der Waals surface area contributed by atoms with Gasteiger partial charge in [-0.1, -0.05) is 26.3 Å². The molecule has 1 heterocycles. The molecule has 0 aromatic rings. The van der Waals surface area contributed by atoms with Crippen molar-refractivity contribution in [3.8, 4) is 0 Å². The molecule has 1 aliphatic heterocycles. The Morgan fingerprint density at radius 1 is 1.36 bits per heavy atom. The quantitative estimate of drug-likeness (QED) is 0.173. The average Bonchev–Trinajstić information content (AvgIpc) is 2.55. The van der Waals surface area contributed by atoms with Crippen molar-refractivity contribution in [2.45, 2.75) is 52.4 Å². The highest BCUT2D eigenvalue weighted by Crippen LogP contribution is 2.17. The number of aliphatic imine (C=N–C) groups is 1. The van der Waals surface area contributed by atoms with Gasteiger partial charge in [-0.2, -0.15) is 0 Å². The van der Waals surface area contributed by atoms with E-state index in [1.807, 2.05) is 13.1 Å². The van der Waals surface area contributed by atoms with E-state index in [0.717, 1.165) is 37.3 Å². The van der Waals surface area contributed by atoms with Crippen LogP contribution >= 0.6 is 24.0 Å². The third-order valence-electron chi connectivity index (χ3n) is 4.75. The third kappa shape index (κ3) is 11.1. The van der Waals surface area contributed by atoms with Crippen LogP contribution in [0.2, 0.25) is 0 Å². The number of unbranched alkanes of at least 4 members (excludes halogenated alkanes) is 3. The van der Waals surface area contributed by atoms with Crippen molar-refractivity contribution < 1.29 is 0 Å². The molecule has 1 N–H and O–H groups in total. The van der Waals surface area contributed by atoms with Crippen molar-refractivity contribution in [1.82, 2.24) is 15.1 Å².